The van der Waals surface area contributed by atoms with E-state index < -0.39 is 0 Å². The highest BCUT2D eigenvalue weighted by Gasteiger charge is 2.20. The fourth-order valence-corrected chi connectivity index (χ4v) is 8.74. The largest absolute Gasteiger partial charge is 0.482 e. The van der Waals surface area contributed by atoms with Gasteiger partial charge in [-0.25, -0.2) is 0 Å². The van der Waals surface area contributed by atoms with E-state index in [2.05, 4.69) is 84.9 Å². The topological polar surface area (TPSA) is 61.8 Å². The first-order valence-corrected chi connectivity index (χ1v) is 19.0. The minimum absolute atomic E-state index is 0.134. The van der Waals surface area contributed by atoms with Gasteiger partial charge in [0.1, 0.15) is 0 Å². The maximum Gasteiger partial charge on any atom is 0.200 e. The summed E-state index contributed by atoms with van der Waals surface area (Å²) in [5.41, 5.74) is 1.22. The monoisotopic (exact) mass is 736 g/mol. The van der Waals surface area contributed by atoms with Gasteiger partial charge in [-0.15, -0.1) is 0 Å². The van der Waals surface area contributed by atoms with Gasteiger partial charge in [-0.1, -0.05) is 146 Å². The quantitative estimate of drug-likeness (QED) is 0.0795. The molecular weight excluding hydrogens is 705 g/mol. The Labute approximate surface area is 326 Å². The van der Waals surface area contributed by atoms with E-state index in [4.69, 9.17) is 14.2 Å². The van der Waals surface area contributed by atoms with Crippen LogP contribution in [-0.2, 0) is 0 Å². The molecule has 0 heterocycles. The smallest absolute Gasteiger partial charge is 0.200 e. The van der Waals surface area contributed by atoms with Gasteiger partial charge in [0.25, 0.3) is 0 Å². The predicted molar refractivity (Wildman–Crippen MR) is 230 cm³/mol. The summed E-state index contributed by atoms with van der Waals surface area (Å²) < 4.78 is 18.7. The second-order valence-electron chi connectivity index (χ2n) is 14.5. The molecule has 0 saturated carbocycles. The third-order valence-corrected chi connectivity index (χ3v) is 11.3. The molecule has 0 unspecified atom stereocenters. The molecule has 0 aliphatic carbocycles. The molecule has 0 amide bonds. The van der Waals surface area contributed by atoms with Crippen molar-refractivity contribution in [3.63, 3.8) is 0 Å². The molecule has 0 spiro atoms. The van der Waals surface area contributed by atoms with Crippen LogP contribution in [0.4, 0.5) is 0 Å². The third-order valence-electron chi connectivity index (χ3n) is 11.3. The standard InChI is InChI=1S/C52H32O5/c53-43(35-25-23-34-22-21-32-9-5-10-33-24-26-41(35)51(34)49(32)33)29-55-45-17-1-3-19-47(45)57-48-20-4-2-18-46(48)56-30-44(54)36-27-28-42-39-14-7-12-31-11-6-13-38(50(31)39)40-16-8-15-37(36)52(40)42/h1-28H,29-30H2. The molecule has 0 atom stereocenters. The number of Topliss-reactive ketones (excluding diaryl/α,β-unsaturated/α-hetero) is 2. The van der Waals surface area contributed by atoms with Crippen LogP contribution in [0.5, 0.6) is 23.0 Å². The summed E-state index contributed by atoms with van der Waals surface area (Å²) in [7, 11) is 0. The molecule has 0 saturated heterocycles. The van der Waals surface area contributed by atoms with E-state index in [0.717, 1.165) is 53.9 Å². The Hall–Kier alpha value is -7.50. The van der Waals surface area contributed by atoms with Crippen LogP contribution in [0.3, 0.4) is 0 Å². The lowest BCUT2D eigenvalue weighted by Crippen LogP contribution is -2.13. The lowest BCUT2D eigenvalue weighted by atomic mass is 9.88. The lowest BCUT2D eigenvalue weighted by Gasteiger charge is -2.17. The van der Waals surface area contributed by atoms with Crippen molar-refractivity contribution in [1.82, 2.24) is 0 Å². The van der Waals surface area contributed by atoms with Crippen LogP contribution in [0, 0.1) is 0 Å². The SMILES string of the molecule is O=C(COc1ccccc1Oc1ccccc1OCC(=O)c1ccc2ccc3cccc4ccc1c2c34)c1ccc2c3cccc4cccc(c5cccc1c52)c43. The molecular formula is C52H32O5. The summed E-state index contributed by atoms with van der Waals surface area (Å²) in [6.07, 6.45) is 0. The Morgan fingerprint density at radius 2 is 0.702 bits per heavy atom. The number of fused-ring (bicyclic) bond motifs is 2. The average Bonchev–Trinajstić information content (AvgIpc) is 3.26. The van der Waals surface area contributed by atoms with Crippen LogP contribution in [0.1, 0.15) is 20.7 Å². The number of para-hydroxylation sites is 4. The number of hydrogen-bond donors (Lipinski definition) is 0. The highest BCUT2D eigenvalue weighted by molar-refractivity contribution is 6.34. The Morgan fingerprint density at radius 3 is 1.32 bits per heavy atom. The summed E-state index contributed by atoms with van der Waals surface area (Å²) in [4.78, 5) is 27.7. The van der Waals surface area contributed by atoms with Gasteiger partial charge in [0.2, 0.25) is 11.6 Å². The van der Waals surface area contributed by atoms with E-state index in [1.807, 2.05) is 60.7 Å². The maximum atomic E-state index is 14.0. The van der Waals surface area contributed by atoms with Crippen molar-refractivity contribution in [2.45, 2.75) is 0 Å². The molecule has 0 aromatic heterocycles. The Balaban J connectivity index is 0.844. The number of carbonyl (C=O) groups excluding carboxylic acids is 2. The molecule has 11 rings (SSSR count). The second-order valence-corrected chi connectivity index (χ2v) is 14.5. The molecule has 5 nitrogen and oxygen atoms in total. The van der Waals surface area contributed by atoms with Crippen LogP contribution in [-0.4, -0.2) is 24.8 Å². The van der Waals surface area contributed by atoms with E-state index in [0.29, 0.717) is 34.1 Å². The lowest BCUT2D eigenvalue weighted by molar-refractivity contribution is 0.0917. The summed E-state index contributed by atoms with van der Waals surface area (Å²) in [5, 5.41) is 15.6. The minimum atomic E-state index is -0.183. The molecule has 57 heavy (non-hydrogen) atoms. The van der Waals surface area contributed by atoms with Gasteiger partial charge in [-0.05, 0) is 99.7 Å². The van der Waals surface area contributed by atoms with Gasteiger partial charge in [-0.3, -0.25) is 9.59 Å². The van der Waals surface area contributed by atoms with Crippen molar-refractivity contribution < 1.29 is 23.8 Å². The van der Waals surface area contributed by atoms with Crippen LogP contribution in [0.2, 0.25) is 0 Å². The van der Waals surface area contributed by atoms with Crippen LogP contribution in [0.25, 0.3) is 75.4 Å². The first-order chi connectivity index (χ1) is 28.1. The second kappa shape index (κ2) is 13.1. The highest BCUT2D eigenvalue weighted by atomic mass is 16.5. The number of ether oxygens (including phenoxy) is 3. The molecule has 11 aromatic carbocycles. The Kier molecular flexibility index (Phi) is 7.54. The van der Waals surface area contributed by atoms with E-state index in [1.165, 1.54) is 21.5 Å². The van der Waals surface area contributed by atoms with Gasteiger partial charge in [-0.2, -0.15) is 0 Å². The molecule has 0 fully saturated rings. The first-order valence-electron chi connectivity index (χ1n) is 19.0. The van der Waals surface area contributed by atoms with Gasteiger partial charge in [0.15, 0.2) is 36.2 Å². The summed E-state index contributed by atoms with van der Waals surface area (Å²) in [6.45, 7) is -0.358. The van der Waals surface area contributed by atoms with Crippen molar-refractivity contribution in [1.29, 1.82) is 0 Å². The van der Waals surface area contributed by atoms with E-state index in [1.54, 1.807) is 24.3 Å². The van der Waals surface area contributed by atoms with Gasteiger partial charge < -0.3 is 14.2 Å². The van der Waals surface area contributed by atoms with Crippen molar-refractivity contribution in [3.05, 3.63) is 181 Å². The van der Waals surface area contributed by atoms with Crippen molar-refractivity contribution >= 4 is 87.0 Å². The predicted octanol–water partition coefficient (Wildman–Crippen LogP) is 13.0. The van der Waals surface area contributed by atoms with E-state index >= 15 is 0 Å². The molecule has 11 aromatic rings. The zero-order valence-corrected chi connectivity index (χ0v) is 30.6. The fraction of sp³-hybridized carbons (Fsp3) is 0.0385. The summed E-state index contributed by atoms with van der Waals surface area (Å²) in [6, 6.07) is 55.9. The van der Waals surface area contributed by atoms with Crippen LogP contribution in [0.15, 0.2) is 170 Å². The average molecular weight is 737 g/mol. The van der Waals surface area contributed by atoms with Gasteiger partial charge in [0, 0.05) is 11.1 Å². The van der Waals surface area contributed by atoms with Crippen LogP contribution < -0.4 is 14.2 Å². The van der Waals surface area contributed by atoms with E-state index in [-0.39, 0.29) is 24.8 Å². The Morgan fingerprint density at radius 1 is 0.316 bits per heavy atom. The fourth-order valence-electron chi connectivity index (χ4n) is 8.74. The number of ketones is 2. The molecule has 0 N–H and O–H groups in total. The summed E-state index contributed by atoms with van der Waals surface area (Å²) >= 11 is 0. The number of carbonyl (C=O) groups is 2. The molecule has 270 valence electrons. The van der Waals surface area contributed by atoms with Crippen LogP contribution >= 0.6 is 0 Å². The van der Waals surface area contributed by atoms with Gasteiger partial charge in [0.05, 0.1) is 0 Å². The molecule has 0 aliphatic rings. The maximum absolute atomic E-state index is 14.0. The van der Waals surface area contributed by atoms with E-state index in [9.17, 15) is 9.59 Å². The molecule has 0 bridgehead atoms. The highest BCUT2D eigenvalue weighted by Crippen LogP contribution is 2.42. The first kappa shape index (κ1) is 32.9. The normalized spacial score (nSPS) is 11.8. The summed E-state index contributed by atoms with van der Waals surface area (Å²) in [5.74, 6) is 1.39. The molecule has 0 radical (unpaired) electrons. The van der Waals surface area contributed by atoms with Crippen molar-refractivity contribution in [2.24, 2.45) is 0 Å². The van der Waals surface area contributed by atoms with Gasteiger partial charge >= 0.3 is 0 Å². The zero-order valence-electron chi connectivity index (χ0n) is 30.6. The molecule has 5 heteroatoms. The van der Waals surface area contributed by atoms with Crippen molar-refractivity contribution in [3.8, 4) is 23.0 Å². The molecule has 0 aliphatic heterocycles. The minimum Gasteiger partial charge on any atom is -0.482 e. The zero-order chi connectivity index (χ0) is 38.0. The Bertz CT molecular complexity index is 3320. The number of rotatable bonds is 10. The number of hydrogen-bond acceptors (Lipinski definition) is 5. The van der Waals surface area contributed by atoms with Crippen molar-refractivity contribution in [2.75, 3.05) is 13.2 Å². The third kappa shape index (κ3) is 5.31. The number of benzene rings is 11.